The van der Waals surface area contributed by atoms with Gasteiger partial charge in [-0.2, -0.15) is 0 Å². The number of anilines is 1. The zero-order valence-electron chi connectivity index (χ0n) is 12.5. The average molecular weight is 294 g/mol. The molecule has 0 atom stereocenters. The third-order valence-corrected chi connectivity index (χ3v) is 2.83. The number of benzene rings is 1. The maximum absolute atomic E-state index is 11.8. The van der Waals surface area contributed by atoms with Crippen LogP contribution in [0.4, 0.5) is 5.69 Å². The molecule has 0 unspecified atom stereocenters. The summed E-state index contributed by atoms with van der Waals surface area (Å²) in [4.78, 5) is 24.5. The van der Waals surface area contributed by atoms with Crippen LogP contribution in [0.25, 0.3) is 0 Å². The van der Waals surface area contributed by atoms with E-state index in [0.717, 1.165) is 0 Å². The lowest BCUT2D eigenvalue weighted by Crippen LogP contribution is -2.30. The van der Waals surface area contributed by atoms with Crippen molar-refractivity contribution in [2.75, 3.05) is 32.5 Å². The number of nitrogen functional groups attached to an aromatic ring is 1. The second kappa shape index (κ2) is 8.84. The van der Waals surface area contributed by atoms with E-state index in [4.69, 9.17) is 15.2 Å². The average Bonchev–Trinajstić information content (AvgIpc) is 2.45. The highest BCUT2D eigenvalue weighted by molar-refractivity contribution is 5.77. The van der Waals surface area contributed by atoms with Crippen molar-refractivity contribution in [1.29, 1.82) is 0 Å². The fraction of sp³-hybridized carbons (Fsp3) is 0.467. The zero-order chi connectivity index (χ0) is 15.7. The highest BCUT2D eigenvalue weighted by Crippen LogP contribution is 2.14. The summed E-state index contributed by atoms with van der Waals surface area (Å²) < 4.78 is 10.3. The van der Waals surface area contributed by atoms with Gasteiger partial charge in [-0.1, -0.05) is 6.07 Å². The number of ether oxygens (including phenoxy) is 2. The summed E-state index contributed by atoms with van der Waals surface area (Å²) in [6.45, 7) is 2.72. The molecular weight excluding hydrogens is 272 g/mol. The van der Waals surface area contributed by atoms with Gasteiger partial charge in [0, 0.05) is 25.3 Å². The van der Waals surface area contributed by atoms with Crippen molar-refractivity contribution >= 4 is 17.6 Å². The number of rotatable bonds is 8. The van der Waals surface area contributed by atoms with Crippen molar-refractivity contribution in [1.82, 2.24) is 4.90 Å². The number of nitrogens with zero attached hydrogens (tertiary/aromatic N) is 1. The monoisotopic (exact) mass is 294 g/mol. The van der Waals surface area contributed by atoms with Crippen molar-refractivity contribution < 1.29 is 19.1 Å². The van der Waals surface area contributed by atoms with Crippen molar-refractivity contribution in [2.24, 2.45) is 0 Å². The van der Waals surface area contributed by atoms with Crippen LogP contribution in [0.15, 0.2) is 24.3 Å². The molecule has 0 aromatic heterocycles. The molecule has 1 amide bonds. The Bertz CT molecular complexity index is 476. The first-order chi connectivity index (χ1) is 10.0. The van der Waals surface area contributed by atoms with Gasteiger partial charge in [0.1, 0.15) is 5.75 Å². The summed E-state index contributed by atoms with van der Waals surface area (Å²) in [6.07, 6.45) is 0.445. The van der Waals surface area contributed by atoms with Gasteiger partial charge in [-0.15, -0.1) is 0 Å². The Morgan fingerprint density at radius 3 is 2.71 bits per heavy atom. The van der Waals surface area contributed by atoms with Gasteiger partial charge in [-0.25, -0.2) is 0 Å². The summed E-state index contributed by atoms with van der Waals surface area (Å²) in [6, 6.07) is 7.04. The molecule has 1 rings (SSSR count). The second-order valence-electron chi connectivity index (χ2n) is 4.54. The number of carbonyl (C=O) groups excluding carboxylic acids is 2. The lowest BCUT2D eigenvalue weighted by molar-refractivity contribution is -0.143. The van der Waals surface area contributed by atoms with Crippen LogP contribution in [0, 0.1) is 0 Å². The van der Waals surface area contributed by atoms with E-state index in [1.54, 1.807) is 38.2 Å². The SMILES string of the molecule is CCOC(=O)CCN(C)C(=O)CCOc1cccc(N)c1. The Morgan fingerprint density at radius 2 is 2.05 bits per heavy atom. The number of amides is 1. The predicted molar refractivity (Wildman–Crippen MR) is 79.9 cm³/mol. The number of carbonyl (C=O) groups is 2. The van der Waals surface area contributed by atoms with Crippen LogP contribution in [-0.2, 0) is 14.3 Å². The molecular formula is C15H22N2O4. The van der Waals surface area contributed by atoms with Crippen LogP contribution < -0.4 is 10.5 Å². The molecule has 21 heavy (non-hydrogen) atoms. The van der Waals surface area contributed by atoms with E-state index in [0.29, 0.717) is 24.6 Å². The van der Waals surface area contributed by atoms with Crippen LogP contribution in [0.1, 0.15) is 19.8 Å². The van der Waals surface area contributed by atoms with E-state index in [1.807, 2.05) is 0 Å². The molecule has 0 aliphatic rings. The van der Waals surface area contributed by atoms with Crippen molar-refractivity contribution in [2.45, 2.75) is 19.8 Å². The van der Waals surface area contributed by atoms with Crippen LogP contribution in [0.3, 0.4) is 0 Å². The summed E-state index contributed by atoms with van der Waals surface area (Å²) in [5.41, 5.74) is 6.25. The van der Waals surface area contributed by atoms with Crippen LogP contribution >= 0.6 is 0 Å². The molecule has 0 aliphatic carbocycles. The summed E-state index contributed by atoms with van der Waals surface area (Å²) in [5.74, 6) is 0.258. The highest BCUT2D eigenvalue weighted by Gasteiger charge is 2.11. The molecule has 0 saturated heterocycles. The Balaban J connectivity index is 2.25. The first-order valence-electron chi connectivity index (χ1n) is 6.91. The standard InChI is InChI=1S/C15H22N2O4/c1-3-20-15(19)7-9-17(2)14(18)8-10-21-13-6-4-5-12(16)11-13/h4-6,11H,3,7-10,16H2,1-2H3. The third kappa shape index (κ3) is 6.65. The quantitative estimate of drug-likeness (QED) is 0.579. The molecule has 0 aliphatic heterocycles. The number of hydrogen-bond acceptors (Lipinski definition) is 5. The molecule has 116 valence electrons. The smallest absolute Gasteiger partial charge is 0.307 e. The minimum atomic E-state index is -0.298. The molecule has 1 aromatic rings. The topological polar surface area (TPSA) is 81.9 Å². The summed E-state index contributed by atoms with van der Waals surface area (Å²) in [7, 11) is 1.65. The number of hydrogen-bond donors (Lipinski definition) is 1. The highest BCUT2D eigenvalue weighted by atomic mass is 16.5. The van der Waals surface area contributed by atoms with E-state index in [-0.39, 0.29) is 31.3 Å². The van der Waals surface area contributed by atoms with Crippen molar-refractivity contribution in [3.05, 3.63) is 24.3 Å². The Labute approximate surface area is 124 Å². The molecule has 0 heterocycles. The summed E-state index contributed by atoms with van der Waals surface area (Å²) in [5, 5.41) is 0. The van der Waals surface area contributed by atoms with Gasteiger partial charge in [0.05, 0.1) is 26.1 Å². The lowest BCUT2D eigenvalue weighted by atomic mass is 10.3. The van der Waals surface area contributed by atoms with Gasteiger partial charge in [0.15, 0.2) is 0 Å². The van der Waals surface area contributed by atoms with Gasteiger partial charge in [0.25, 0.3) is 0 Å². The van der Waals surface area contributed by atoms with E-state index < -0.39 is 0 Å². The normalized spacial score (nSPS) is 10.0. The molecule has 6 nitrogen and oxygen atoms in total. The fourth-order valence-electron chi connectivity index (χ4n) is 1.67. The Morgan fingerprint density at radius 1 is 1.29 bits per heavy atom. The van der Waals surface area contributed by atoms with E-state index in [1.165, 1.54) is 4.90 Å². The van der Waals surface area contributed by atoms with Gasteiger partial charge in [-0.05, 0) is 19.1 Å². The van der Waals surface area contributed by atoms with E-state index in [2.05, 4.69) is 0 Å². The maximum Gasteiger partial charge on any atom is 0.307 e. The molecule has 0 radical (unpaired) electrons. The van der Waals surface area contributed by atoms with Gasteiger partial charge < -0.3 is 20.1 Å². The van der Waals surface area contributed by atoms with Gasteiger partial charge >= 0.3 is 5.97 Å². The van der Waals surface area contributed by atoms with Crippen molar-refractivity contribution in [3.8, 4) is 5.75 Å². The largest absolute Gasteiger partial charge is 0.493 e. The van der Waals surface area contributed by atoms with Crippen LogP contribution in [0.5, 0.6) is 5.75 Å². The van der Waals surface area contributed by atoms with Gasteiger partial charge in [-0.3, -0.25) is 9.59 Å². The van der Waals surface area contributed by atoms with E-state index in [9.17, 15) is 9.59 Å². The molecule has 0 bridgehead atoms. The third-order valence-electron chi connectivity index (χ3n) is 2.83. The molecule has 6 heteroatoms. The first kappa shape index (κ1) is 16.8. The van der Waals surface area contributed by atoms with Gasteiger partial charge in [0.2, 0.25) is 5.91 Å². The Hall–Kier alpha value is -2.24. The predicted octanol–water partition coefficient (Wildman–Crippen LogP) is 1.45. The van der Waals surface area contributed by atoms with Crippen LogP contribution in [-0.4, -0.2) is 43.6 Å². The molecule has 0 saturated carbocycles. The molecule has 0 spiro atoms. The first-order valence-corrected chi connectivity index (χ1v) is 6.91. The number of esters is 1. The Kier molecular flexibility index (Phi) is 7.08. The fourth-order valence-corrected chi connectivity index (χ4v) is 1.67. The summed E-state index contributed by atoms with van der Waals surface area (Å²) >= 11 is 0. The molecule has 0 fully saturated rings. The number of nitrogens with two attached hydrogens (primary N) is 1. The van der Waals surface area contributed by atoms with E-state index >= 15 is 0 Å². The molecule has 1 aromatic carbocycles. The molecule has 2 N–H and O–H groups in total. The second-order valence-corrected chi connectivity index (χ2v) is 4.54. The maximum atomic E-state index is 11.8. The minimum Gasteiger partial charge on any atom is -0.493 e. The van der Waals surface area contributed by atoms with Crippen molar-refractivity contribution in [3.63, 3.8) is 0 Å². The minimum absolute atomic E-state index is 0.0804. The van der Waals surface area contributed by atoms with Crippen LogP contribution in [0.2, 0.25) is 0 Å². The zero-order valence-corrected chi connectivity index (χ0v) is 12.5. The lowest BCUT2D eigenvalue weighted by Gasteiger charge is -2.16.